The predicted octanol–water partition coefficient (Wildman–Crippen LogP) is 2.57. The number of hydrogen-bond acceptors (Lipinski definition) is 4. The van der Waals surface area contributed by atoms with Crippen molar-refractivity contribution in [3.63, 3.8) is 0 Å². The highest BCUT2D eigenvalue weighted by Gasteiger charge is 2.25. The Morgan fingerprint density at radius 1 is 1.45 bits per heavy atom. The van der Waals surface area contributed by atoms with Crippen molar-refractivity contribution in [1.82, 2.24) is 4.90 Å². The number of hydrogen-bond donors (Lipinski definition) is 1. The highest BCUT2D eigenvalue weighted by molar-refractivity contribution is 7.98. The molecule has 0 aromatic heterocycles. The predicted molar refractivity (Wildman–Crippen MR) is 93.0 cm³/mol. The number of anilines is 1. The van der Waals surface area contributed by atoms with Crippen LogP contribution in [0.2, 0.25) is 0 Å². The molecule has 0 bridgehead atoms. The van der Waals surface area contributed by atoms with Crippen LogP contribution < -0.4 is 10.6 Å². The number of nitrogens with zero attached hydrogens (tertiary/aromatic N) is 2. The molecule has 2 N–H and O–H groups in total. The minimum atomic E-state index is 0.496. The van der Waals surface area contributed by atoms with Crippen molar-refractivity contribution in [3.8, 4) is 0 Å². The van der Waals surface area contributed by atoms with Crippen LogP contribution in [0, 0.1) is 0 Å². The van der Waals surface area contributed by atoms with Gasteiger partial charge in [-0.25, -0.2) is 0 Å². The smallest absolute Gasteiger partial charge is 0.107 e. The van der Waals surface area contributed by atoms with Crippen LogP contribution in [0.1, 0.15) is 19.4 Å². The van der Waals surface area contributed by atoms with Gasteiger partial charge < -0.3 is 10.6 Å². The molecule has 0 spiro atoms. The van der Waals surface area contributed by atoms with Crippen LogP contribution in [-0.2, 0) is 0 Å². The SMILES string of the molecule is CCN1CCN(c2cccc(SC)c2C(N)=S)CC1C. The summed E-state index contributed by atoms with van der Waals surface area (Å²) in [6.45, 7) is 8.78. The third kappa shape index (κ3) is 3.10. The fourth-order valence-electron chi connectivity index (χ4n) is 2.88. The zero-order valence-corrected chi connectivity index (χ0v) is 14.1. The quantitative estimate of drug-likeness (QED) is 0.683. The number of thiocarbonyl (C=S) groups is 1. The molecule has 110 valence electrons. The summed E-state index contributed by atoms with van der Waals surface area (Å²) in [6.07, 6.45) is 2.07. The second-order valence-electron chi connectivity index (χ2n) is 5.14. The highest BCUT2D eigenvalue weighted by Crippen LogP contribution is 2.31. The van der Waals surface area contributed by atoms with Crippen LogP contribution in [0.15, 0.2) is 23.1 Å². The Morgan fingerprint density at radius 2 is 2.20 bits per heavy atom. The van der Waals surface area contributed by atoms with Crippen LogP contribution in [-0.4, -0.2) is 48.4 Å². The molecule has 1 heterocycles. The summed E-state index contributed by atoms with van der Waals surface area (Å²) in [5.41, 5.74) is 8.19. The third-order valence-corrected chi connectivity index (χ3v) is 4.97. The molecule has 1 saturated heterocycles. The molecule has 1 aliphatic heterocycles. The summed E-state index contributed by atoms with van der Waals surface area (Å²) >= 11 is 6.98. The summed E-state index contributed by atoms with van der Waals surface area (Å²) < 4.78 is 0. The normalized spacial score (nSPS) is 20.1. The molecule has 1 unspecified atom stereocenters. The van der Waals surface area contributed by atoms with Gasteiger partial charge in [-0.2, -0.15) is 0 Å². The minimum absolute atomic E-state index is 0.496. The molecule has 1 aliphatic rings. The van der Waals surface area contributed by atoms with Gasteiger partial charge >= 0.3 is 0 Å². The lowest BCUT2D eigenvalue weighted by molar-refractivity contribution is 0.199. The van der Waals surface area contributed by atoms with Crippen molar-refractivity contribution < 1.29 is 0 Å². The van der Waals surface area contributed by atoms with Gasteiger partial charge in [-0.05, 0) is 31.9 Å². The molecular formula is C15H23N3S2. The first-order chi connectivity index (χ1) is 9.58. The van der Waals surface area contributed by atoms with Gasteiger partial charge in [0.25, 0.3) is 0 Å². The van der Waals surface area contributed by atoms with Crippen molar-refractivity contribution in [2.75, 3.05) is 37.3 Å². The number of nitrogens with two attached hydrogens (primary N) is 1. The first-order valence-corrected chi connectivity index (χ1v) is 8.67. The Kier molecular flexibility index (Phi) is 5.29. The second-order valence-corrected chi connectivity index (χ2v) is 6.43. The largest absolute Gasteiger partial charge is 0.389 e. The van der Waals surface area contributed by atoms with Gasteiger partial charge in [0, 0.05) is 41.8 Å². The van der Waals surface area contributed by atoms with E-state index in [4.69, 9.17) is 18.0 Å². The maximum absolute atomic E-state index is 5.97. The van der Waals surface area contributed by atoms with Crippen LogP contribution in [0.5, 0.6) is 0 Å². The van der Waals surface area contributed by atoms with E-state index in [-0.39, 0.29) is 0 Å². The van der Waals surface area contributed by atoms with Crippen molar-refractivity contribution in [2.24, 2.45) is 5.73 Å². The lowest BCUT2D eigenvalue weighted by Gasteiger charge is -2.41. The fourth-order valence-corrected chi connectivity index (χ4v) is 3.80. The van der Waals surface area contributed by atoms with Crippen molar-refractivity contribution in [3.05, 3.63) is 23.8 Å². The molecule has 1 fully saturated rings. The average molecular weight is 310 g/mol. The topological polar surface area (TPSA) is 32.5 Å². The summed E-state index contributed by atoms with van der Waals surface area (Å²) in [4.78, 5) is 6.59. The summed E-state index contributed by atoms with van der Waals surface area (Å²) in [6, 6.07) is 6.89. The number of piperazine rings is 1. The molecule has 0 saturated carbocycles. The third-order valence-electron chi connectivity index (χ3n) is 3.98. The Bertz CT molecular complexity index is 490. The summed E-state index contributed by atoms with van der Waals surface area (Å²) in [7, 11) is 0. The molecule has 5 heteroatoms. The molecule has 20 heavy (non-hydrogen) atoms. The van der Waals surface area contributed by atoms with E-state index >= 15 is 0 Å². The van der Waals surface area contributed by atoms with Gasteiger partial charge in [0.1, 0.15) is 4.99 Å². The van der Waals surface area contributed by atoms with Gasteiger partial charge in [-0.3, -0.25) is 4.90 Å². The number of likely N-dealkylation sites (N-methyl/N-ethyl adjacent to an activating group) is 1. The lowest BCUT2D eigenvalue weighted by Crippen LogP contribution is -2.52. The van der Waals surface area contributed by atoms with E-state index in [9.17, 15) is 0 Å². The monoisotopic (exact) mass is 309 g/mol. The van der Waals surface area contributed by atoms with Crippen LogP contribution >= 0.6 is 24.0 Å². The molecular weight excluding hydrogens is 286 g/mol. The highest BCUT2D eigenvalue weighted by atomic mass is 32.2. The molecule has 1 aromatic rings. The van der Waals surface area contributed by atoms with E-state index < -0.39 is 0 Å². The Balaban J connectivity index is 2.31. The molecule has 0 radical (unpaired) electrons. The molecule has 1 atom stereocenters. The molecule has 2 rings (SSSR count). The van der Waals surface area contributed by atoms with E-state index in [1.165, 1.54) is 10.6 Å². The zero-order chi connectivity index (χ0) is 14.7. The van der Waals surface area contributed by atoms with Gasteiger partial charge in [-0.15, -0.1) is 11.8 Å². The van der Waals surface area contributed by atoms with Gasteiger partial charge in [-0.1, -0.05) is 25.2 Å². The number of rotatable bonds is 4. The maximum Gasteiger partial charge on any atom is 0.107 e. The standard InChI is InChI=1S/C15H23N3S2/c1-4-17-8-9-18(10-11(17)2)12-6-5-7-13(20-3)14(12)15(16)19/h5-7,11H,4,8-10H2,1-3H3,(H2,16,19). The zero-order valence-electron chi connectivity index (χ0n) is 12.4. The van der Waals surface area contributed by atoms with Gasteiger partial charge in [0.2, 0.25) is 0 Å². The van der Waals surface area contributed by atoms with Crippen LogP contribution in [0.25, 0.3) is 0 Å². The van der Waals surface area contributed by atoms with Gasteiger partial charge in [0.05, 0.1) is 0 Å². The molecule has 1 aromatic carbocycles. The average Bonchev–Trinajstić information content (AvgIpc) is 2.46. The van der Waals surface area contributed by atoms with E-state index in [0.29, 0.717) is 11.0 Å². The Labute approximate surface area is 131 Å². The maximum atomic E-state index is 5.97. The van der Waals surface area contributed by atoms with Gasteiger partial charge in [0.15, 0.2) is 0 Å². The van der Waals surface area contributed by atoms with Crippen molar-refractivity contribution in [2.45, 2.75) is 24.8 Å². The Hall–Kier alpha value is -0.780. The fraction of sp³-hybridized carbons (Fsp3) is 0.533. The first-order valence-electron chi connectivity index (χ1n) is 7.04. The van der Waals surface area contributed by atoms with Crippen molar-refractivity contribution >= 4 is 34.7 Å². The molecule has 0 amide bonds. The first kappa shape index (κ1) is 15.6. The van der Waals surface area contributed by atoms with E-state index in [1.54, 1.807) is 11.8 Å². The minimum Gasteiger partial charge on any atom is -0.389 e. The van der Waals surface area contributed by atoms with Crippen LogP contribution in [0.4, 0.5) is 5.69 Å². The van der Waals surface area contributed by atoms with E-state index in [2.05, 4.69) is 48.1 Å². The van der Waals surface area contributed by atoms with E-state index in [1.807, 2.05) is 0 Å². The second kappa shape index (κ2) is 6.78. The van der Waals surface area contributed by atoms with E-state index in [0.717, 1.165) is 31.7 Å². The Morgan fingerprint density at radius 3 is 2.75 bits per heavy atom. The molecule has 0 aliphatic carbocycles. The van der Waals surface area contributed by atoms with Crippen LogP contribution in [0.3, 0.4) is 0 Å². The number of thioether (sulfide) groups is 1. The summed E-state index contributed by atoms with van der Waals surface area (Å²) in [5.74, 6) is 0. The summed E-state index contributed by atoms with van der Waals surface area (Å²) in [5, 5.41) is 0. The number of benzene rings is 1. The van der Waals surface area contributed by atoms with Crippen molar-refractivity contribution in [1.29, 1.82) is 0 Å². The molecule has 3 nitrogen and oxygen atoms in total. The lowest BCUT2D eigenvalue weighted by atomic mass is 10.1.